The van der Waals surface area contributed by atoms with Crippen LogP contribution in [0.15, 0.2) is 54.6 Å². The maximum atomic E-state index is 13.7. The minimum atomic E-state index is -1.05. The molecular formula is C22H26FN3O4. The molecule has 0 spiro atoms. The lowest BCUT2D eigenvalue weighted by atomic mass is 9.98. The summed E-state index contributed by atoms with van der Waals surface area (Å²) in [5, 5.41) is 2.70. The van der Waals surface area contributed by atoms with Crippen molar-refractivity contribution in [2.75, 3.05) is 0 Å². The zero-order chi connectivity index (χ0) is 22.1. The molecule has 160 valence electrons. The van der Waals surface area contributed by atoms with Gasteiger partial charge in [0.1, 0.15) is 6.04 Å². The molecule has 2 aromatic rings. The maximum absolute atomic E-state index is 13.7. The fourth-order valence-electron chi connectivity index (χ4n) is 2.60. The van der Waals surface area contributed by atoms with E-state index in [2.05, 4.69) is 16.2 Å². The molecule has 0 aliphatic heterocycles. The van der Waals surface area contributed by atoms with Gasteiger partial charge in [-0.3, -0.25) is 25.2 Å². The molecule has 2 rings (SSSR count). The number of hydrogen-bond donors (Lipinski definition) is 3. The highest BCUT2D eigenvalue weighted by Gasteiger charge is 2.27. The minimum absolute atomic E-state index is 0.0703. The van der Waals surface area contributed by atoms with Gasteiger partial charge in [0.2, 0.25) is 0 Å². The van der Waals surface area contributed by atoms with E-state index in [1.165, 1.54) is 25.1 Å². The maximum Gasteiger partial charge on any atom is 0.279 e. The molecule has 8 heteroatoms. The molecule has 0 heterocycles. The number of carbonyl (C=O) groups is 3. The van der Waals surface area contributed by atoms with Gasteiger partial charge in [0.15, 0.2) is 17.7 Å². The average molecular weight is 415 g/mol. The molecule has 0 saturated carbocycles. The molecule has 3 N–H and O–H groups in total. The van der Waals surface area contributed by atoms with Gasteiger partial charge in [-0.25, -0.2) is 4.39 Å². The summed E-state index contributed by atoms with van der Waals surface area (Å²) in [6, 6.07) is 13.4. The van der Waals surface area contributed by atoms with Crippen molar-refractivity contribution in [3.05, 3.63) is 66.0 Å². The molecule has 0 aromatic heterocycles. The Labute approximate surface area is 175 Å². The first-order valence-electron chi connectivity index (χ1n) is 9.70. The SMILES string of the molecule is CC[C@H](C)[C@H](NC(=O)c1ccccc1)C(=O)NNC(=O)[C@@H](C)Oc1ccccc1F. The second kappa shape index (κ2) is 10.9. The Hall–Kier alpha value is -3.42. The van der Waals surface area contributed by atoms with Crippen molar-refractivity contribution in [1.82, 2.24) is 16.2 Å². The number of rotatable bonds is 8. The highest BCUT2D eigenvalue weighted by Crippen LogP contribution is 2.17. The molecule has 0 fully saturated rings. The second-order valence-corrected chi connectivity index (χ2v) is 6.87. The lowest BCUT2D eigenvalue weighted by molar-refractivity contribution is -0.133. The van der Waals surface area contributed by atoms with Crippen molar-refractivity contribution in [3.63, 3.8) is 0 Å². The molecule has 0 unspecified atom stereocenters. The second-order valence-electron chi connectivity index (χ2n) is 6.87. The van der Waals surface area contributed by atoms with E-state index in [1.807, 2.05) is 13.8 Å². The Morgan fingerprint density at radius 2 is 1.53 bits per heavy atom. The zero-order valence-corrected chi connectivity index (χ0v) is 17.1. The third-order valence-electron chi connectivity index (χ3n) is 4.64. The predicted molar refractivity (Wildman–Crippen MR) is 110 cm³/mol. The van der Waals surface area contributed by atoms with Gasteiger partial charge in [-0.15, -0.1) is 0 Å². The lowest BCUT2D eigenvalue weighted by Crippen LogP contribution is -2.56. The van der Waals surface area contributed by atoms with Crippen molar-refractivity contribution >= 4 is 17.7 Å². The van der Waals surface area contributed by atoms with E-state index in [9.17, 15) is 18.8 Å². The topological polar surface area (TPSA) is 96.5 Å². The molecule has 3 atom stereocenters. The quantitative estimate of drug-likeness (QED) is 0.578. The van der Waals surface area contributed by atoms with E-state index in [4.69, 9.17) is 4.74 Å². The molecule has 3 amide bonds. The normalized spacial score (nSPS) is 13.5. The number of hydrogen-bond acceptors (Lipinski definition) is 4. The van der Waals surface area contributed by atoms with Crippen LogP contribution in [0.3, 0.4) is 0 Å². The van der Waals surface area contributed by atoms with Crippen LogP contribution in [-0.4, -0.2) is 29.9 Å². The number of ether oxygens (including phenoxy) is 1. The van der Waals surface area contributed by atoms with Crippen LogP contribution in [0.2, 0.25) is 0 Å². The molecule has 7 nitrogen and oxygen atoms in total. The first-order chi connectivity index (χ1) is 14.3. The van der Waals surface area contributed by atoms with Crippen LogP contribution in [-0.2, 0) is 9.59 Å². The molecule has 30 heavy (non-hydrogen) atoms. The van der Waals surface area contributed by atoms with Gasteiger partial charge in [0, 0.05) is 5.56 Å². The molecule has 2 aromatic carbocycles. The summed E-state index contributed by atoms with van der Waals surface area (Å²) >= 11 is 0. The number of carbonyl (C=O) groups excluding carboxylic acids is 3. The van der Waals surface area contributed by atoms with E-state index in [0.29, 0.717) is 12.0 Å². The van der Waals surface area contributed by atoms with Crippen LogP contribution in [0.1, 0.15) is 37.6 Å². The standard InChI is InChI=1S/C22H26FN3O4/c1-4-14(2)19(24-21(28)16-10-6-5-7-11-16)22(29)26-25-20(27)15(3)30-18-13-9-8-12-17(18)23/h5-15,19H,4H2,1-3H3,(H,24,28)(H,25,27)(H,26,29)/t14-,15+,19-/m0/s1. The molecule has 0 aliphatic rings. The summed E-state index contributed by atoms with van der Waals surface area (Å²) in [7, 11) is 0. The summed E-state index contributed by atoms with van der Waals surface area (Å²) in [4.78, 5) is 37.2. The monoisotopic (exact) mass is 415 g/mol. The number of nitrogens with one attached hydrogen (secondary N) is 3. The predicted octanol–water partition coefficient (Wildman–Crippen LogP) is 2.59. The highest BCUT2D eigenvalue weighted by molar-refractivity contribution is 5.97. The molecule has 0 saturated heterocycles. The smallest absolute Gasteiger partial charge is 0.279 e. The van der Waals surface area contributed by atoms with Crippen LogP contribution in [0.5, 0.6) is 5.75 Å². The fraction of sp³-hybridized carbons (Fsp3) is 0.318. The number of amides is 3. The first-order valence-corrected chi connectivity index (χ1v) is 9.70. The van der Waals surface area contributed by atoms with E-state index in [1.54, 1.807) is 36.4 Å². The number of hydrazine groups is 1. The Kier molecular flexibility index (Phi) is 8.34. The fourth-order valence-corrected chi connectivity index (χ4v) is 2.60. The van der Waals surface area contributed by atoms with Crippen molar-refractivity contribution < 1.29 is 23.5 Å². The summed E-state index contributed by atoms with van der Waals surface area (Å²) in [6.07, 6.45) is -0.420. The summed E-state index contributed by atoms with van der Waals surface area (Å²) in [5.74, 6) is -2.47. The Bertz CT molecular complexity index is 876. The van der Waals surface area contributed by atoms with Crippen LogP contribution >= 0.6 is 0 Å². The zero-order valence-electron chi connectivity index (χ0n) is 17.1. The minimum Gasteiger partial charge on any atom is -0.478 e. The number of para-hydroxylation sites is 1. The van der Waals surface area contributed by atoms with Gasteiger partial charge < -0.3 is 10.1 Å². The van der Waals surface area contributed by atoms with Gasteiger partial charge in [-0.05, 0) is 37.1 Å². The van der Waals surface area contributed by atoms with Crippen LogP contribution < -0.4 is 20.9 Å². The summed E-state index contributed by atoms with van der Waals surface area (Å²) in [5.41, 5.74) is 4.99. The third-order valence-corrected chi connectivity index (χ3v) is 4.64. The average Bonchev–Trinajstić information content (AvgIpc) is 2.76. The first kappa shape index (κ1) is 22.9. The third kappa shape index (κ3) is 6.30. The van der Waals surface area contributed by atoms with Gasteiger partial charge in [0.25, 0.3) is 17.7 Å². The van der Waals surface area contributed by atoms with Crippen molar-refractivity contribution in [2.24, 2.45) is 5.92 Å². The van der Waals surface area contributed by atoms with Crippen LogP contribution in [0, 0.1) is 11.7 Å². The Morgan fingerprint density at radius 3 is 2.17 bits per heavy atom. The molecule has 0 aliphatic carbocycles. The van der Waals surface area contributed by atoms with Crippen molar-refractivity contribution in [2.45, 2.75) is 39.3 Å². The Morgan fingerprint density at radius 1 is 0.933 bits per heavy atom. The van der Waals surface area contributed by atoms with E-state index < -0.39 is 35.7 Å². The van der Waals surface area contributed by atoms with E-state index in [-0.39, 0.29) is 11.7 Å². The summed E-state index contributed by atoms with van der Waals surface area (Å²) < 4.78 is 18.9. The van der Waals surface area contributed by atoms with Gasteiger partial charge in [0.05, 0.1) is 0 Å². The van der Waals surface area contributed by atoms with Crippen molar-refractivity contribution in [1.29, 1.82) is 0 Å². The molecular weight excluding hydrogens is 389 g/mol. The summed E-state index contributed by atoms with van der Waals surface area (Å²) in [6.45, 7) is 5.14. The Balaban J connectivity index is 1.95. The van der Waals surface area contributed by atoms with Crippen LogP contribution in [0.25, 0.3) is 0 Å². The number of benzene rings is 2. The molecule has 0 bridgehead atoms. The highest BCUT2D eigenvalue weighted by atomic mass is 19.1. The van der Waals surface area contributed by atoms with Crippen molar-refractivity contribution in [3.8, 4) is 5.75 Å². The van der Waals surface area contributed by atoms with E-state index in [0.717, 1.165) is 0 Å². The van der Waals surface area contributed by atoms with Crippen LogP contribution in [0.4, 0.5) is 4.39 Å². The molecule has 0 radical (unpaired) electrons. The van der Waals surface area contributed by atoms with Gasteiger partial charge in [-0.2, -0.15) is 0 Å². The lowest BCUT2D eigenvalue weighted by Gasteiger charge is -2.24. The largest absolute Gasteiger partial charge is 0.478 e. The van der Waals surface area contributed by atoms with E-state index >= 15 is 0 Å². The number of halogens is 1. The van der Waals surface area contributed by atoms with Gasteiger partial charge in [-0.1, -0.05) is 50.6 Å². The van der Waals surface area contributed by atoms with Gasteiger partial charge >= 0.3 is 0 Å².